The Bertz CT molecular complexity index is 2040. The van der Waals surface area contributed by atoms with Gasteiger partial charge in [-0.2, -0.15) is 0 Å². The number of carbonyl (C=O) groups excluding carboxylic acids is 3. The molecule has 3 fully saturated rings. The number of halogens is 2. The van der Waals surface area contributed by atoms with E-state index < -0.39 is 17.7 Å². The van der Waals surface area contributed by atoms with Crippen molar-refractivity contribution >= 4 is 17.9 Å². The van der Waals surface area contributed by atoms with E-state index in [4.69, 9.17) is 16.4 Å². The summed E-state index contributed by atoms with van der Waals surface area (Å²) in [6.45, 7) is 35.7. The molecule has 15 heteroatoms. The van der Waals surface area contributed by atoms with E-state index in [9.17, 15) is 23.2 Å². The van der Waals surface area contributed by atoms with Gasteiger partial charge < -0.3 is 41.1 Å². The number of hydrogen-bond donors (Lipinski definition) is 4. The Morgan fingerprint density at radius 1 is 0.676 bits per heavy atom. The van der Waals surface area contributed by atoms with E-state index in [0.717, 1.165) is 80.3 Å². The molecule has 0 aromatic heterocycles. The summed E-state index contributed by atoms with van der Waals surface area (Å²) in [5.74, 6) is 3.06. The molecule has 5 aliphatic rings. The van der Waals surface area contributed by atoms with Gasteiger partial charge in [0.2, 0.25) is 11.8 Å². The maximum Gasteiger partial charge on any atom is 0.411 e. The Kier molecular flexibility index (Phi) is 26.2. The Balaban J connectivity index is 0.000000602. The molecular weight excluding hydrogens is 1010 g/mol. The zero-order valence-electron chi connectivity index (χ0n) is 51.1. The molecule has 1 radical (unpaired) electrons. The summed E-state index contributed by atoms with van der Waals surface area (Å²) >= 11 is 0. The first-order chi connectivity index (χ1) is 35.9. The molecule has 12 nitrogen and oxygen atoms in total. The second-order valence-corrected chi connectivity index (χ2v) is 24.4. The number of amides is 3. The van der Waals surface area contributed by atoms with Crippen LogP contribution in [0.15, 0.2) is 36.4 Å². The quantitative estimate of drug-likeness (QED) is 0.155. The van der Waals surface area contributed by atoms with Gasteiger partial charge in [-0.15, -0.1) is 0 Å². The van der Waals surface area contributed by atoms with E-state index in [0.29, 0.717) is 42.8 Å². The van der Waals surface area contributed by atoms with Gasteiger partial charge in [-0.25, -0.2) is 13.6 Å². The third-order valence-corrected chi connectivity index (χ3v) is 15.8. The summed E-state index contributed by atoms with van der Waals surface area (Å²) in [4.78, 5) is 48.2. The van der Waals surface area contributed by atoms with E-state index in [1.807, 2.05) is 0 Å². The molecule has 5 aliphatic heterocycles. The van der Waals surface area contributed by atoms with Crippen molar-refractivity contribution < 1.29 is 66.5 Å². The molecule has 0 spiro atoms. The largest absolute Gasteiger partial charge is 0.444 e. The van der Waals surface area contributed by atoms with Crippen molar-refractivity contribution in [3.63, 3.8) is 0 Å². The normalized spacial score (nSPS) is 21.8. The van der Waals surface area contributed by atoms with Crippen molar-refractivity contribution in [2.75, 3.05) is 58.9 Å². The predicted octanol–water partition coefficient (Wildman–Crippen LogP) is 9.90. The fraction of sp³-hybridized carbons (Fsp3) is 0.746. The predicted molar refractivity (Wildman–Crippen MR) is 298 cm³/mol. The van der Waals surface area contributed by atoms with Crippen molar-refractivity contribution in [3.05, 3.63) is 70.3 Å². The summed E-state index contributed by atoms with van der Waals surface area (Å²) in [6.07, 6.45) is 7.97. The molecule has 2 aromatic rings. The molecule has 74 heavy (non-hydrogen) atoms. The number of piperidine rings is 3. The third-order valence-electron chi connectivity index (χ3n) is 15.8. The van der Waals surface area contributed by atoms with Gasteiger partial charge in [-0.1, -0.05) is 81.9 Å². The van der Waals surface area contributed by atoms with Crippen molar-refractivity contribution in [3.8, 4) is 0 Å². The van der Waals surface area contributed by atoms with Crippen LogP contribution in [0.1, 0.15) is 157 Å². The van der Waals surface area contributed by atoms with Crippen LogP contribution < -0.4 is 21.7 Å². The standard InChI is InChI=1S/C26H40FN3O3.C21H32FN3O.C11H24N2.CH4.Y.2H2/c1-17(2)22(16-29-11-9-18(3)10-12-29)28-24(31)23-14-19-7-8-21(27)13-20(19)15-30(23)25(32)33-26(4,5)6;1-14(2)20(13-25-8-6-15(3)7-9-25)24-21(26)19-11-16-4-5-18(22)10-17(16)12-23-19;1-9(2)11(12)8-13-6-4-10(3)5-7-13;;;;/h7-8,13,17-18,22-23H,9-12,14-16H2,1-6H3,(H,28,31);4-5,10,14-15,19-20,23H,6-9,11-13H2,1-3H3,(H,24,26);9-11H,4-8,12H2,1-3H3;1H4;;2*1H/t22-,23-;19-,20-;11-;;;;/m111..../s1/i;;;;;2*1+1D. The number of benzene rings is 2. The van der Waals surface area contributed by atoms with Crippen LogP contribution in [0.2, 0.25) is 0 Å². The van der Waals surface area contributed by atoms with Gasteiger partial charge in [-0.05, 0) is 187 Å². The van der Waals surface area contributed by atoms with Gasteiger partial charge >= 0.3 is 6.09 Å². The van der Waals surface area contributed by atoms with E-state index in [2.05, 4.69) is 93.0 Å². The molecule has 0 unspecified atom stereocenters. The first-order valence-electron chi connectivity index (χ1n) is 29.8. The first-order valence-corrected chi connectivity index (χ1v) is 27.8. The van der Waals surface area contributed by atoms with Crippen LogP contribution in [0.4, 0.5) is 13.6 Å². The van der Waals surface area contributed by atoms with Gasteiger partial charge in [0, 0.05) is 89.4 Å². The first kappa shape index (κ1) is 62.3. The smallest absolute Gasteiger partial charge is 0.411 e. The van der Waals surface area contributed by atoms with Crippen molar-refractivity contribution in [2.45, 2.75) is 191 Å². The second kappa shape index (κ2) is 31.1. The molecule has 7 rings (SSSR count). The average Bonchev–Trinajstić information content (AvgIpc) is 3.38. The van der Waals surface area contributed by atoms with Crippen LogP contribution in [-0.2, 0) is 73.0 Å². The van der Waals surface area contributed by atoms with Gasteiger partial charge in [-0.3, -0.25) is 14.5 Å². The molecule has 5 atom stereocenters. The van der Waals surface area contributed by atoms with E-state index in [1.165, 1.54) is 74.7 Å². The Morgan fingerprint density at radius 3 is 1.53 bits per heavy atom. The monoisotopic (exact) mass is 1120 g/mol. The summed E-state index contributed by atoms with van der Waals surface area (Å²) in [5.41, 5.74) is 8.98. The SMILES string of the molecule is C.CC1CCN(C[C@@H](N)C(C)C)CC1.CC1CCN(C[C@@H](NC(=O)[C@H]2Cc3ccc(F)cc3CN2)C(C)C)CC1.CC1CCN(C[C@@H](NC(=O)[C@H]2Cc3ccc(F)cc3CN2C(=O)OC(C)(C)C)C(C)C)CC1.[2H][2H].[2H][2H].[Y]. The number of likely N-dealkylation sites (tertiary alicyclic amines) is 3. The molecule has 5 heterocycles. The number of ether oxygens (including phenoxy) is 1. The minimum Gasteiger partial charge on any atom is -0.444 e. The van der Waals surface area contributed by atoms with Crippen LogP contribution >= 0.6 is 0 Å². The Hall–Kier alpha value is -2.59. The fourth-order valence-electron chi connectivity index (χ4n) is 10.2. The topological polar surface area (TPSA) is 136 Å². The summed E-state index contributed by atoms with van der Waals surface area (Å²) < 4.78 is 52.8. The molecule has 2 aromatic carbocycles. The second-order valence-electron chi connectivity index (χ2n) is 24.4. The number of carbonyl (C=O) groups is 3. The fourth-order valence-corrected chi connectivity index (χ4v) is 10.2. The zero-order valence-corrected chi connectivity index (χ0v) is 49.9. The van der Waals surface area contributed by atoms with Gasteiger partial charge in [0.1, 0.15) is 23.3 Å². The minimum absolute atomic E-state index is 0. The molecule has 421 valence electrons. The molecule has 3 amide bonds. The van der Waals surface area contributed by atoms with Gasteiger partial charge in [0.25, 0.3) is 0 Å². The number of nitrogens with zero attached hydrogens (tertiary/aromatic N) is 4. The summed E-state index contributed by atoms with van der Waals surface area (Å²) in [5, 5.41) is 9.76. The van der Waals surface area contributed by atoms with Crippen LogP contribution in [0.25, 0.3) is 0 Å². The Labute approximate surface area is 478 Å². The molecule has 5 N–H and O–H groups in total. The summed E-state index contributed by atoms with van der Waals surface area (Å²) in [7, 11) is 0. The van der Waals surface area contributed by atoms with Crippen molar-refractivity contribution in [1.82, 2.24) is 35.6 Å². The molecular formula is C59H104F2N8O4Y. The minimum atomic E-state index is -0.694. The number of nitrogens with two attached hydrogens (primary N) is 1. The maximum absolute atomic E-state index is 13.8. The van der Waals surface area contributed by atoms with Crippen LogP contribution in [0, 0.1) is 47.1 Å². The van der Waals surface area contributed by atoms with E-state index >= 15 is 0 Å². The molecule has 0 aliphatic carbocycles. The van der Waals surface area contributed by atoms with Crippen LogP contribution in [-0.4, -0.2) is 132 Å². The zero-order chi connectivity index (χ0) is 56.9. The van der Waals surface area contributed by atoms with Crippen molar-refractivity contribution in [1.29, 1.82) is 0 Å². The van der Waals surface area contributed by atoms with E-state index in [1.54, 1.807) is 39.0 Å². The van der Waals surface area contributed by atoms with Gasteiger partial charge in [0.15, 0.2) is 0 Å². The third kappa shape index (κ3) is 21.3. The summed E-state index contributed by atoms with van der Waals surface area (Å²) in [6, 6.07) is 8.98. The number of fused-ring (bicyclic) bond motifs is 2. The molecule has 3 saturated heterocycles. The van der Waals surface area contributed by atoms with E-state index in [-0.39, 0.29) is 94.2 Å². The number of rotatable bonds is 13. The number of nitrogens with one attached hydrogen (secondary N) is 3. The number of hydrogen-bond acceptors (Lipinski definition) is 9. The average molecular weight is 1120 g/mol. The molecule has 0 bridgehead atoms. The van der Waals surface area contributed by atoms with Crippen LogP contribution in [0.3, 0.4) is 0 Å². The maximum atomic E-state index is 13.8. The molecule has 0 saturated carbocycles. The van der Waals surface area contributed by atoms with Gasteiger partial charge in [0.05, 0.1) is 12.6 Å². The van der Waals surface area contributed by atoms with Crippen LogP contribution in [0.5, 0.6) is 0 Å². The Morgan fingerprint density at radius 2 is 1.09 bits per heavy atom. The van der Waals surface area contributed by atoms with Crippen molar-refractivity contribution in [2.24, 2.45) is 41.2 Å².